The molecule has 3 saturated carbocycles. The summed E-state index contributed by atoms with van der Waals surface area (Å²) in [6.07, 6.45) is 14.9. The number of nitrogens with one attached hydrogen (secondary N) is 2. The van der Waals surface area contributed by atoms with Gasteiger partial charge in [0.15, 0.2) is 0 Å². The molecular weight excluding hydrogens is 763 g/mol. The first kappa shape index (κ1) is 40.5. The van der Waals surface area contributed by atoms with Gasteiger partial charge in [-0.3, -0.25) is 23.9 Å². The third kappa shape index (κ3) is 8.42. The second-order valence-corrected chi connectivity index (χ2v) is 20.0. The number of carbonyl (C=O) groups is 4. The summed E-state index contributed by atoms with van der Waals surface area (Å²) in [7, 11) is -2.40. The molecule has 3 bridgehead atoms. The Labute approximate surface area is 340 Å². The van der Waals surface area contributed by atoms with Gasteiger partial charge in [-0.05, 0) is 102 Å². The fourth-order valence-corrected chi connectivity index (χ4v) is 10.8. The Kier molecular flexibility index (Phi) is 11.5. The van der Waals surface area contributed by atoms with Crippen LogP contribution in [0, 0.1) is 17.8 Å². The lowest BCUT2D eigenvalue weighted by atomic mass is 9.94. The number of aryl methyl sites for hydroxylation is 1. The van der Waals surface area contributed by atoms with Gasteiger partial charge in [0.25, 0.3) is 5.91 Å². The van der Waals surface area contributed by atoms with Crippen molar-refractivity contribution in [3.63, 3.8) is 0 Å². The van der Waals surface area contributed by atoms with E-state index in [0.29, 0.717) is 60.5 Å². The number of nitrogens with zero attached hydrogens (tertiary/aromatic N) is 3. The van der Waals surface area contributed by atoms with E-state index in [4.69, 9.17) is 24.2 Å². The molecule has 3 aliphatic heterocycles. The quantitative estimate of drug-likeness (QED) is 0.305. The maximum atomic E-state index is 14.8. The molecule has 1 saturated heterocycles. The number of sulfonamides is 1. The molecule has 15 heteroatoms. The predicted octanol–water partition coefficient (Wildman–Crippen LogP) is 5.22. The van der Waals surface area contributed by atoms with Crippen LogP contribution in [0.2, 0.25) is 0 Å². The largest absolute Gasteiger partial charge is 0.497 e. The second kappa shape index (κ2) is 16.4. The number of rotatable bonds is 4. The van der Waals surface area contributed by atoms with Crippen LogP contribution in [0.4, 0.5) is 0 Å². The van der Waals surface area contributed by atoms with Crippen LogP contribution in [0.1, 0.15) is 122 Å². The molecule has 1 aromatic heterocycles. The fraction of sp³-hybridized carbons (Fsp3) is 0.674. The molecule has 2 aromatic rings. The molecule has 58 heavy (non-hydrogen) atoms. The Morgan fingerprint density at radius 2 is 1.76 bits per heavy atom. The van der Waals surface area contributed by atoms with Crippen LogP contribution in [-0.4, -0.2) is 89.2 Å². The fourth-order valence-electron chi connectivity index (χ4n) is 9.46. The van der Waals surface area contributed by atoms with Gasteiger partial charge in [0.2, 0.25) is 27.7 Å². The van der Waals surface area contributed by atoms with Gasteiger partial charge >= 0.3 is 5.97 Å². The van der Waals surface area contributed by atoms with E-state index in [1.807, 2.05) is 24.3 Å². The van der Waals surface area contributed by atoms with Gasteiger partial charge in [-0.15, -0.1) is 0 Å². The Hall–Kier alpha value is -4.27. The third-order valence-corrected chi connectivity index (χ3v) is 15.7. The number of allylic oxidation sites excluding steroid dienone is 1. The lowest BCUT2D eigenvalue weighted by Gasteiger charge is -2.30. The monoisotopic (exact) mass is 819 g/mol. The second-order valence-electron chi connectivity index (χ2n) is 17.8. The minimum Gasteiger partial charge on any atom is -0.497 e. The first-order valence-electron chi connectivity index (χ1n) is 21.4. The highest BCUT2D eigenvalue weighted by molar-refractivity contribution is 7.91. The molecule has 14 nitrogen and oxygen atoms in total. The number of fused-ring (bicyclic) bond motifs is 6. The van der Waals surface area contributed by atoms with E-state index in [0.717, 1.165) is 64.2 Å². The molecule has 314 valence electrons. The van der Waals surface area contributed by atoms with Crippen molar-refractivity contribution in [2.75, 3.05) is 13.7 Å². The highest BCUT2D eigenvalue weighted by Gasteiger charge is 2.63. The smallest absolute Gasteiger partial charge is 0.306 e. The van der Waals surface area contributed by atoms with Gasteiger partial charge in [0, 0.05) is 24.3 Å². The van der Waals surface area contributed by atoms with E-state index in [-0.39, 0.29) is 43.7 Å². The summed E-state index contributed by atoms with van der Waals surface area (Å²) in [5.41, 5.74) is 0.483. The van der Waals surface area contributed by atoms with Crippen LogP contribution in [0.3, 0.4) is 0 Å². The summed E-state index contributed by atoms with van der Waals surface area (Å²) < 4.78 is 46.0. The minimum atomic E-state index is -3.98. The van der Waals surface area contributed by atoms with Gasteiger partial charge < -0.3 is 24.4 Å². The molecule has 7 atom stereocenters. The summed E-state index contributed by atoms with van der Waals surface area (Å²) >= 11 is 0. The molecule has 4 heterocycles. The zero-order valence-electron chi connectivity index (χ0n) is 33.7. The van der Waals surface area contributed by atoms with Crippen LogP contribution in [0.15, 0.2) is 30.4 Å². The number of amides is 3. The Balaban J connectivity index is 1.14. The van der Waals surface area contributed by atoms with E-state index in [1.54, 1.807) is 20.1 Å². The van der Waals surface area contributed by atoms with Crippen LogP contribution in [0.25, 0.3) is 11.0 Å². The summed E-state index contributed by atoms with van der Waals surface area (Å²) in [6, 6.07) is 4.44. The SMILES string of the molecule is COc1ccc2nc3c(nc2c1)O[C@@H]1C[C@H]2C(=O)N[C@]4(C(=O)NS(=O)(=O)C5(C)CC5)C[C@H]4/C=C\CCCCC[C@H](CC(=O)O[C@@H]4CCC[C@H]4CCCCC3)C(=O)N2C1. The average Bonchev–Trinajstić information content (AvgIpc) is 4.00. The topological polar surface area (TPSA) is 183 Å². The van der Waals surface area contributed by atoms with E-state index >= 15 is 0 Å². The zero-order valence-corrected chi connectivity index (χ0v) is 34.5. The van der Waals surface area contributed by atoms with Gasteiger partial charge in [-0.25, -0.2) is 18.4 Å². The Morgan fingerprint density at radius 3 is 2.57 bits per heavy atom. The molecule has 4 fully saturated rings. The minimum absolute atomic E-state index is 0.0414. The lowest BCUT2D eigenvalue weighted by molar-refractivity contribution is -0.155. The number of hydrogen-bond acceptors (Lipinski definition) is 11. The number of aromatic nitrogens is 2. The van der Waals surface area contributed by atoms with E-state index < -0.39 is 62.1 Å². The molecule has 6 aliphatic rings. The van der Waals surface area contributed by atoms with Gasteiger partial charge in [0.1, 0.15) is 35.2 Å². The van der Waals surface area contributed by atoms with Crippen LogP contribution >= 0.6 is 0 Å². The van der Waals surface area contributed by atoms with Crippen LogP contribution in [0.5, 0.6) is 11.6 Å². The maximum Gasteiger partial charge on any atom is 0.306 e. The number of ether oxygens (including phenoxy) is 3. The first-order chi connectivity index (χ1) is 27.9. The van der Waals surface area contributed by atoms with Gasteiger partial charge in [-0.1, -0.05) is 37.8 Å². The summed E-state index contributed by atoms with van der Waals surface area (Å²) in [5, 5.41) is 2.95. The lowest BCUT2D eigenvalue weighted by Crippen LogP contribution is -2.57. The molecule has 1 aromatic carbocycles. The number of methoxy groups -OCH3 is 1. The molecular formula is C43H57N5O9S. The van der Waals surface area contributed by atoms with Gasteiger partial charge in [-0.2, -0.15) is 0 Å². The highest BCUT2D eigenvalue weighted by Crippen LogP contribution is 2.48. The van der Waals surface area contributed by atoms with Crippen molar-refractivity contribution in [2.45, 2.75) is 151 Å². The highest BCUT2D eigenvalue weighted by atomic mass is 32.2. The van der Waals surface area contributed by atoms with Crippen LogP contribution in [-0.2, 0) is 40.4 Å². The Morgan fingerprint density at radius 1 is 0.966 bits per heavy atom. The molecule has 0 unspecified atom stereocenters. The van der Waals surface area contributed by atoms with Crippen LogP contribution < -0.4 is 19.5 Å². The van der Waals surface area contributed by atoms with Crippen molar-refractivity contribution in [3.05, 3.63) is 36.0 Å². The number of esters is 1. The zero-order chi connectivity index (χ0) is 40.7. The van der Waals surface area contributed by atoms with E-state index in [1.165, 1.54) is 4.90 Å². The molecule has 2 N–H and O–H groups in total. The Bertz CT molecular complexity index is 2070. The average molecular weight is 820 g/mol. The van der Waals surface area contributed by atoms with E-state index in [9.17, 15) is 27.6 Å². The van der Waals surface area contributed by atoms with Crippen molar-refractivity contribution >= 4 is 44.7 Å². The van der Waals surface area contributed by atoms with Crippen molar-refractivity contribution in [1.82, 2.24) is 24.9 Å². The summed E-state index contributed by atoms with van der Waals surface area (Å²) in [4.78, 5) is 68.4. The number of hydrogen-bond donors (Lipinski definition) is 2. The summed E-state index contributed by atoms with van der Waals surface area (Å²) in [6.45, 7) is 1.65. The molecule has 0 spiro atoms. The molecule has 3 amide bonds. The number of benzene rings is 1. The molecule has 0 radical (unpaired) electrons. The maximum absolute atomic E-state index is 14.8. The predicted molar refractivity (Wildman–Crippen MR) is 214 cm³/mol. The normalized spacial score (nSPS) is 32.4. The van der Waals surface area contributed by atoms with E-state index in [2.05, 4.69) is 10.0 Å². The van der Waals surface area contributed by atoms with Gasteiger partial charge in [0.05, 0.1) is 35.9 Å². The summed E-state index contributed by atoms with van der Waals surface area (Å²) in [5.74, 6) is -1.99. The molecule has 3 aliphatic carbocycles. The van der Waals surface area contributed by atoms with Crippen molar-refractivity contribution in [2.24, 2.45) is 17.8 Å². The standard InChI is InChI=1S/C43H57N5O9S/c1-42(20-21-42)58(53,54)47-41(52)43-25-29(43)15-9-5-3-4-7-13-28-22-37(49)57-36-17-11-14-27(36)12-8-6-10-16-33-39(45-34-23-30(55-2)18-19-32(34)44-33)56-31-24-35(38(50)46-43)48(26-31)40(28)51/h9,15,18-19,23,27-29,31,35-36H,3-8,10-14,16-17,20-22,24-26H2,1-2H3,(H,46,50)(H,47,52)/b15-9-/t27-,28-,29-,31-,35+,36-,43-/m1/s1. The third-order valence-electron chi connectivity index (χ3n) is 13.5. The van der Waals surface area contributed by atoms with Crippen molar-refractivity contribution in [1.29, 1.82) is 0 Å². The number of carbonyl (C=O) groups excluding carboxylic acids is 4. The van der Waals surface area contributed by atoms with Crippen molar-refractivity contribution < 1.29 is 41.8 Å². The first-order valence-corrected chi connectivity index (χ1v) is 22.9. The molecule has 8 rings (SSSR count). The van der Waals surface area contributed by atoms with Crippen molar-refractivity contribution in [3.8, 4) is 11.6 Å².